The predicted molar refractivity (Wildman–Crippen MR) is 46.4 cm³/mol. The van der Waals surface area contributed by atoms with Crippen LogP contribution in [0.4, 0.5) is 5.69 Å². The van der Waals surface area contributed by atoms with E-state index in [1.807, 2.05) is 0 Å². The van der Waals surface area contributed by atoms with Crippen molar-refractivity contribution in [3.05, 3.63) is 33.0 Å². The van der Waals surface area contributed by atoms with Crippen LogP contribution in [0.3, 0.4) is 0 Å². The number of non-ortho nitro benzene ring substituents is 1. The summed E-state index contributed by atoms with van der Waals surface area (Å²) >= 11 is 0. The molecule has 0 radical (unpaired) electrons. The first-order valence-electron chi connectivity index (χ1n) is 3.82. The maximum absolute atomic E-state index is 11.1. The number of nitrogens with zero attached hydrogens (tertiary/aromatic N) is 3. The van der Waals surface area contributed by atoms with Gasteiger partial charge in [0.25, 0.3) is 5.52 Å². The van der Waals surface area contributed by atoms with Crippen LogP contribution < -0.4 is 4.85 Å². The number of rotatable bonds is 1. The largest absolute Gasteiger partial charge is 0.691 e. The van der Waals surface area contributed by atoms with E-state index < -0.39 is 4.92 Å². The summed E-state index contributed by atoms with van der Waals surface area (Å²) in [4.78, 5) is 10.4. The van der Waals surface area contributed by atoms with Crippen LogP contribution in [0.25, 0.3) is 11.0 Å². The van der Waals surface area contributed by atoms with Gasteiger partial charge in [-0.15, -0.1) is 9.94 Å². The summed E-state index contributed by atoms with van der Waals surface area (Å²) in [6.07, 6.45) is 0. The van der Waals surface area contributed by atoms with Crippen LogP contribution in [0.5, 0.6) is 0 Å². The second-order valence-electron chi connectivity index (χ2n) is 2.92. The van der Waals surface area contributed by atoms with Gasteiger partial charge < -0.3 is 5.21 Å². The lowest BCUT2D eigenvalue weighted by atomic mass is 10.2. The Morgan fingerprint density at radius 2 is 2.29 bits per heavy atom. The fraction of sp³-hybridized carbons (Fsp3) is 0.143. The lowest BCUT2D eigenvalue weighted by Crippen LogP contribution is -2.27. The lowest BCUT2D eigenvalue weighted by molar-refractivity contribution is -0.644. The van der Waals surface area contributed by atoms with Gasteiger partial charge in [-0.1, -0.05) is 0 Å². The van der Waals surface area contributed by atoms with E-state index in [-0.39, 0.29) is 16.7 Å². The fourth-order valence-corrected chi connectivity index (χ4v) is 1.31. The minimum absolute atomic E-state index is 0.137. The third kappa shape index (κ3) is 1.06. The molecule has 0 aliphatic heterocycles. The molecule has 0 atom stereocenters. The van der Waals surface area contributed by atoms with Gasteiger partial charge in [-0.3, -0.25) is 10.1 Å². The van der Waals surface area contributed by atoms with Gasteiger partial charge >= 0.3 is 5.69 Å². The molecule has 0 unspecified atom stereocenters. The molecule has 0 saturated heterocycles. The quantitative estimate of drug-likeness (QED) is 0.307. The molecule has 0 fully saturated rings. The van der Waals surface area contributed by atoms with Crippen molar-refractivity contribution in [2.45, 2.75) is 6.92 Å². The Kier molecular flexibility index (Phi) is 1.60. The molecular weight excluding hydrogens is 188 g/mol. The minimum atomic E-state index is -0.548. The molecule has 7 nitrogen and oxygen atoms in total. The van der Waals surface area contributed by atoms with Crippen molar-refractivity contribution >= 4 is 16.7 Å². The minimum Gasteiger partial charge on any atom is -0.691 e. The van der Waals surface area contributed by atoms with E-state index >= 15 is 0 Å². The van der Waals surface area contributed by atoms with Crippen molar-refractivity contribution in [3.63, 3.8) is 0 Å². The van der Waals surface area contributed by atoms with Crippen molar-refractivity contribution in [1.82, 2.24) is 10.3 Å². The normalized spacial score (nSPS) is 10.6. The predicted octanol–water partition coefficient (Wildman–Crippen LogP) is 0.413. The number of aromatic amines is 1. The SMILES string of the molecule is Cc1cc([N+](=O)[O-])c2[nH]n[n+]([O-])c2c1. The second kappa shape index (κ2) is 2.66. The molecule has 0 amide bonds. The Balaban J connectivity index is 2.88. The first-order chi connectivity index (χ1) is 6.59. The zero-order valence-electron chi connectivity index (χ0n) is 7.22. The number of hydrogen-bond acceptors (Lipinski definition) is 4. The Morgan fingerprint density at radius 1 is 1.57 bits per heavy atom. The Labute approximate surface area is 77.7 Å². The van der Waals surface area contributed by atoms with Gasteiger partial charge in [0.15, 0.2) is 0 Å². The highest BCUT2D eigenvalue weighted by Crippen LogP contribution is 2.22. The molecule has 2 aromatic rings. The van der Waals surface area contributed by atoms with Gasteiger partial charge in [0.05, 0.1) is 10.1 Å². The molecule has 0 aliphatic rings. The van der Waals surface area contributed by atoms with Crippen LogP contribution in [-0.4, -0.2) is 15.2 Å². The summed E-state index contributed by atoms with van der Waals surface area (Å²) in [7, 11) is 0. The number of aryl methyl sites for hydroxylation is 1. The highest BCUT2D eigenvalue weighted by molar-refractivity contribution is 5.82. The van der Waals surface area contributed by atoms with Gasteiger partial charge in [0.1, 0.15) is 0 Å². The Morgan fingerprint density at radius 3 is 2.93 bits per heavy atom. The standard InChI is InChI=1S/C7H6N4O3/c1-4-2-5-7(8-9-10(5)12)6(3-4)11(13)14/h2-3,8H,1H3. The lowest BCUT2D eigenvalue weighted by Gasteiger charge is -1.95. The molecular formula is C7H6N4O3. The second-order valence-corrected chi connectivity index (χ2v) is 2.92. The first-order valence-corrected chi connectivity index (χ1v) is 3.82. The van der Waals surface area contributed by atoms with E-state index in [2.05, 4.69) is 10.3 Å². The summed E-state index contributed by atoms with van der Waals surface area (Å²) in [5.74, 6) is 0. The highest BCUT2D eigenvalue weighted by Gasteiger charge is 2.20. The monoisotopic (exact) mass is 194 g/mol. The van der Waals surface area contributed by atoms with Gasteiger partial charge in [-0.2, -0.15) is 0 Å². The molecule has 1 aromatic carbocycles. The molecule has 2 rings (SSSR count). The molecule has 72 valence electrons. The van der Waals surface area contributed by atoms with Crippen LogP contribution in [-0.2, 0) is 0 Å². The molecule has 1 N–H and O–H groups in total. The number of benzene rings is 1. The number of hydrogen-bond donors (Lipinski definition) is 1. The molecule has 1 aromatic heterocycles. The average molecular weight is 194 g/mol. The molecule has 0 bridgehead atoms. The van der Waals surface area contributed by atoms with Crippen LogP contribution in [0.15, 0.2) is 12.1 Å². The van der Waals surface area contributed by atoms with Crippen molar-refractivity contribution in [1.29, 1.82) is 0 Å². The van der Waals surface area contributed by atoms with Crippen molar-refractivity contribution in [3.8, 4) is 0 Å². The fourth-order valence-electron chi connectivity index (χ4n) is 1.31. The third-order valence-electron chi connectivity index (χ3n) is 1.90. The number of nitro benzene ring substituents is 1. The maximum atomic E-state index is 11.1. The van der Waals surface area contributed by atoms with E-state index in [0.717, 1.165) is 0 Å². The summed E-state index contributed by atoms with van der Waals surface area (Å²) in [5, 5.41) is 27.3. The summed E-state index contributed by atoms with van der Waals surface area (Å²) in [5.41, 5.74) is 0.838. The molecule has 0 aliphatic carbocycles. The van der Waals surface area contributed by atoms with E-state index in [0.29, 0.717) is 10.4 Å². The van der Waals surface area contributed by atoms with Gasteiger partial charge in [-0.05, 0) is 18.6 Å². The summed E-state index contributed by atoms with van der Waals surface area (Å²) in [6, 6.07) is 2.93. The molecule has 7 heteroatoms. The third-order valence-corrected chi connectivity index (χ3v) is 1.90. The molecule has 1 heterocycles. The van der Waals surface area contributed by atoms with Gasteiger partial charge in [0.2, 0.25) is 5.52 Å². The smallest absolute Gasteiger partial charge is 0.322 e. The van der Waals surface area contributed by atoms with Gasteiger partial charge in [-0.25, -0.2) is 0 Å². The molecule has 0 saturated carbocycles. The topological polar surface area (TPSA) is 98.8 Å². The molecule has 14 heavy (non-hydrogen) atoms. The number of nitro groups is 1. The Hall–Kier alpha value is -2.18. The van der Waals surface area contributed by atoms with E-state index in [9.17, 15) is 15.3 Å². The van der Waals surface area contributed by atoms with Crippen LogP contribution in [0.1, 0.15) is 5.56 Å². The number of nitrogens with one attached hydrogen (secondary N) is 1. The zero-order chi connectivity index (χ0) is 10.3. The first kappa shape index (κ1) is 8.42. The number of fused-ring (bicyclic) bond motifs is 1. The summed E-state index contributed by atoms with van der Waals surface area (Å²) in [6.45, 7) is 1.68. The van der Waals surface area contributed by atoms with Crippen LogP contribution >= 0.6 is 0 Å². The van der Waals surface area contributed by atoms with Crippen molar-refractivity contribution in [2.24, 2.45) is 0 Å². The van der Waals surface area contributed by atoms with Crippen molar-refractivity contribution < 1.29 is 9.77 Å². The average Bonchev–Trinajstić information content (AvgIpc) is 2.47. The van der Waals surface area contributed by atoms with E-state index in [1.54, 1.807) is 13.0 Å². The number of H-pyrrole nitrogens is 1. The van der Waals surface area contributed by atoms with Crippen molar-refractivity contribution in [2.75, 3.05) is 0 Å². The van der Waals surface area contributed by atoms with Crippen LogP contribution in [0.2, 0.25) is 0 Å². The van der Waals surface area contributed by atoms with E-state index in [1.165, 1.54) is 6.07 Å². The maximum Gasteiger partial charge on any atom is 0.322 e. The van der Waals surface area contributed by atoms with Crippen LogP contribution in [0, 0.1) is 22.2 Å². The van der Waals surface area contributed by atoms with Gasteiger partial charge in [0, 0.05) is 6.07 Å². The zero-order valence-corrected chi connectivity index (χ0v) is 7.22. The highest BCUT2D eigenvalue weighted by atomic mass is 16.6. The molecule has 0 spiro atoms. The summed E-state index contributed by atoms with van der Waals surface area (Å²) < 4.78 is 0. The van der Waals surface area contributed by atoms with E-state index in [4.69, 9.17) is 0 Å². The Bertz CT molecular complexity index is 519. The number of aromatic nitrogens is 3.